The van der Waals surface area contributed by atoms with Gasteiger partial charge in [-0.15, -0.1) is 0 Å². The molecule has 0 aromatic rings. The van der Waals surface area contributed by atoms with Gasteiger partial charge in [-0.05, 0) is 24.9 Å². The first-order chi connectivity index (χ1) is 19.9. The monoisotopic (exact) mass is 696 g/mol. The molecule has 0 spiro atoms. The maximum atomic E-state index is 11.5. The summed E-state index contributed by atoms with van der Waals surface area (Å²) in [5.41, 5.74) is 20.8. The minimum atomic E-state index is -1.22. The lowest BCUT2D eigenvalue weighted by Crippen LogP contribution is -2.49. The standard InChI is InChI=1S/C10H17N3O6S.C6H12N2O4S2.C5H11NO2S/c11-5(10(18)19)1-2-7(14)13-6(4-20)9(17)12-3-8(15)16;7-3(5(9)10)1-13-14-2-4(8)6(11)12;1-9-3-2-4(6)5(7)8/h5-6,20H,1-4,11H2,(H,12,17)(H,13,14)(H,15,16)(H,18,19);3-4H,1-2,7-8H2,(H,9,10)(H,11,12);4H,2-3,6H2,1H3,(H,7,8)/t;3-,4?;4-/m.00/s1. The van der Waals surface area contributed by atoms with Gasteiger partial charge in [-0.1, -0.05) is 21.6 Å². The summed E-state index contributed by atoms with van der Waals surface area (Å²) >= 11 is 5.48. The van der Waals surface area contributed by atoms with Crippen LogP contribution >= 0.6 is 46.0 Å². The molecular formula is C21H40N6O12S4. The van der Waals surface area contributed by atoms with Crippen molar-refractivity contribution in [2.75, 3.05) is 35.8 Å². The van der Waals surface area contributed by atoms with Gasteiger partial charge in [-0.2, -0.15) is 24.4 Å². The molecule has 0 aromatic carbocycles. The summed E-state index contributed by atoms with van der Waals surface area (Å²) in [6.07, 6.45) is 2.24. The van der Waals surface area contributed by atoms with Gasteiger partial charge in [0.2, 0.25) is 11.8 Å². The highest BCUT2D eigenvalue weighted by atomic mass is 33.1. The predicted octanol–water partition coefficient (Wildman–Crippen LogP) is -2.86. The van der Waals surface area contributed by atoms with Crippen LogP contribution in [0, 0.1) is 0 Å². The maximum Gasteiger partial charge on any atom is 0.322 e. The number of thioether (sulfide) groups is 1. The molecule has 0 aliphatic rings. The molecule has 2 amide bonds. The summed E-state index contributed by atoms with van der Waals surface area (Å²) in [5.74, 6) is -5.48. The lowest BCUT2D eigenvalue weighted by atomic mass is 10.1. The number of hydrogen-bond donors (Lipinski definition) is 12. The van der Waals surface area contributed by atoms with Crippen molar-refractivity contribution in [3.8, 4) is 0 Å². The first-order valence-corrected chi connectivity index (χ1v) is 16.5. The number of carbonyl (C=O) groups excluding carboxylic acids is 2. The SMILES string of the molecule is CSCC[C@H](N)C(=O)O.NC(CCC(=O)NC(CS)C(=O)NCC(=O)O)C(=O)O.NC(CSSC[C@H](N)C(=O)O)C(=O)O. The molecule has 18 nitrogen and oxygen atoms in total. The molecule has 15 N–H and O–H groups in total. The molecule has 0 heterocycles. The molecule has 0 saturated carbocycles. The number of thiol groups is 1. The maximum absolute atomic E-state index is 11.5. The average molecular weight is 697 g/mol. The summed E-state index contributed by atoms with van der Waals surface area (Å²) in [5, 5.41) is 46.5. The Balaban J connectivity index is -0.000000604. The summed E-state index contributed by atoms with van der Waals surface area (Å²) in [6, 6.07) is -4.68. The van der Waals surface area contributed by atoms with Gasteiger partial charge in [-0.3, -0.25) is 33.6 Å². The smallest absolute Gasteiger partial charge is 0.322 e. The second-order valence-corrected chi connectivity index (χ2v) is 12.0. The Morgan fingerprint density at radius 1 is 0.721 bits per heavy atom. The Bertz CT molecular complexity index is 883. The van der Waals surface area contributed by atoms with E-state index in [4.69, 9.17) is 48.5 Å². The number of rotatable bonds is 20. The van der Waals surface area contributed by atoms with E-state index in [1.54, 1.807) is 11.8 Å². The normalized spacial score (nSPS) is 13.6. The zero-order valence-corrected chi connectivity index (χ0v) is 26.5. The molecule has 0 aliphatic carbocycles. The van der Waals surface area contributed by atoms with Gasteiger partial charge >= 0.3 is 29.8 Å². The van der Waals surface area contributed by atoms with E-state index in [9.17, 15) is 33.6 Å². The van der Waals surface area contributed by atoms with E-state index in [0.29, 0.717) is 6.42 Å². The molecular weight excluding hydrogens is 657 g/mol. The van der Waals surface area contributed by atoms with Crippen molar-refractivity contribution in [2.45, 2.75) is 49.5 Å². The van der Waals surface area contributed by atoms with Crippen LogP contribution in [0.15, 0.2) is 0 Å². The summed E-state index contributed by atoms with van der Waals surface area (Å²) in [7, 11) is 2.41. The van der Waals surface area contributed by atoms with E-state index >= 15 is 0 Å². The van der Waals surface area contributed by atoms with Crippen LogP contribution in [-0.2, 0) is 33.6 Å². The summed E-state index contributed by atoms with van der Waals surface area (Å²) in [6.45, 7) is -0.567. The molecule has 5 atom stereocenters. The molecule has 0 rings (SSSR count). The Morgan fingerprint density at radius 3 is 1.49 bits per heavy atom. The third-order valence-corrected chi connectivity index (χ3v) is 7.89. The van der Waals surface area contributed by atoms with Crippen molar-refractivity contribution in [2.24, 2.45) is 22.9 Å². The van der Waals surface area contributed by atoms with E-state index in [1.807, 2.05) is 6.26 Å². The Hall–Kier alpha value is -2.47. The van der Waals surface area contributed by atoms with E-state index in [-0.39, 0.29) is 30.1 Å². The zero-order valence-electron chi connectivity index (χ0n) is 23.1. The van der Waals surface area contributed by atoms with Gasteiger partial charge in [0.05, 0.1) is 0 Å². The third kappa shape index (κ3) is 28.1. The average Bonchev–Trinajstić information content (AvgIpc) is 2.94. The first kappa shape index (κ1) is 45.0. The molecule has 0 aromatic heterocycles. The number of hydrogen-bond acceptors (Lipinski definition) is 15. The number of carbonyl (C=O) groups is 7. The molecule has 0 bridgehead atoms. The molecule has 0 saturated heterocycles. The molecule has 43 heavy (non-hydrogen) atoms. The van der Waals surface area contributed by atoms with Crippen LogP contribution in [0.3, 0.4) is 0 Å². The van der Waals surface area contributed by atoms with Crippen LogP contribution in [0.4, 0.5) is 0 Å². The van der Waals surface area contributed by atoms with Gasteiger partial charge in [0.25, 0.3) is 0 Å². The van der Waals surface area contributed by atoms with Crippen LogP contribution in [0.1, 0.15) is 19.3 Å². The van der Waals surface area contributed by atoms with E-state index in [1.165, 1.54) is 21.6 Å². The van der Waals surface area contributed by atoms with E-state index in [0.717, 1.165) is 5.75 Å². The number of nitrogens with two attached hydrogens (primary N) is 4. The molecule has 3 unspecified atom stereocenters. The minimum absolute atomic E-state index is 0.0256. The number of carboxylic acids is 5. The number of aliphatic carboxylic acids is 5. The van der Waals surface area contributed by atoms with Crippen molar-refractivity contribution in [3.05, 3.63) is 0 Å². The highest BCUT2D eigenvalue weighted by Gasteiger charge is 2.21. The largest absolute Gasteiger partial charge is 0.480 e. The number of carboxylic acid groups (broad SMARTS) is 5. The molecule has 22 heteroatoms. The van der Waals surface area contributed by atoms with Crippen molar-refractivity contribution < 1.29 is 59.1 Å². The first-order valence-electron chi connectivity index (χ1n) is 12.0. The summed E-state index contributed by atoms with van der Waals surface area (Å²) in [4.78, 5) is 74.4. The molecule has 0 radical (unpaired) electrons. The van der Waals surface area contributed by atoms with Crippen molar-refractivity contribution >= 4 is 87.6 Å². The third-order valence-electron chi connectivity index (χ3n) is 4.41. The van der Waals surface area contributed by atoms with Crippen molar-refractivity contribution in [1.29, 1.82) is 0 Å². The van der Waals surface area contributed by atoms with Gasteiger partial charge in [0.15, 0.2) is 0 Å². The van der Waals surface area contributed by atoms with Crippen LogP contribution < -0.4 is 33.6 Å². The second-order valence-electron chi connectivity index (χ2n) is 8.08. The topological polar surface area (TPSA) is 349 Å². The lowest BCUT2D eigenvalue weighted by Gasteiger charge is -2.16. The minimum Gasteiger partial charge on any atom is -0.480 e. The Labute approximate surface area is 265 Å². The second kappa shape index (κ2) is 27.1. The predicted molar refractivity (Wildman–Crippen MR) is 166 cm³/mol. The molecule has 0 fully saturated rings. The van der Waals surface area contributed by atoms with Gasteiger partial charge < -0.3 is 59.1 Å². The van der Waals surface area contributed by atoms with Crippen molar-refractivity contribution in [3.63, 3.8) is 0 Å². The fraction of sp³-hybridized carbons (Fsp3) is 0.667. The molecule has 250 valence electrons. The fourth-order valence-corrected chi connectivity index (χ4v) is 4.88. The lowest BCUT2D eigenvalue weighted by molar-refractivity contribution is -0.139. The van der Waals surface area contributed by atoms with Gasteiger partial charge in [0, 0.05) is 23.7 Å². The Morgan fingerprint density at radius 2 is 1.14 bits per heavy atom. The van der Waals surface area contributed by atoms with Gasteiger partial charge in [0.1, 0.15) is 36.8 Å². The highest BCUT2D eigenvalue weighted by molar-refractivity contribution is 8.76. The van der Waals surface area contributed by atoms with Crippen LogP contribution in [0.25, 0.3) is 0 Å². The quantitative estimate of drug-likeness (QED) is 0.0346. The van der Waals surface area contributed by atoms with Crippen molar-refractivity contribution in [1.82, 2.24) is 10.6 Å². The highest BCUT2D eigenvalue weighted by Crippen LogP contribution is 2.22. The number of amides is 2. The van der Waals surface area contributed by atoms with Crippen LogP contribution in [-0.4, -0.2) is 133 Å². The van der Waals surface area contributed by atoms with E-state index in [2.05, 4.69) is 23.3 Å². The number of nitrogens with one attached hydrogen (secondary N) is 2. The molecule has 0 aliphatic heterocycles. The summed E-state index contributed by atoms with van der Waals surface area (Å²) < 4.78 is 0. The van der Waals surface area contributed by atoms with Gasteiger partial charge in [-0.25, -0.2) is 0 Å². The van der Waals surface area contributed by atoms with Crippen LogP contribution in [0.5, 0.6) is 0 Å². The fourth-order valence-electron chi connectivity index (χ4n) is 1.91. The van der Waals surface area contributed by atoms with Crippen LogP contribution in [0.2, 0.25) is 0 Å². The Kier molecular flexibility index (Phi) is 28.3. The van der Waals surface area contributed by atoms with E-state index < -0.39 is 78.4 Å². The zero-order chi connectivity index (χ0) is 34.1.